The van der Waals surface area contributed by atoms with Crippen LogP contribution in [0.15, 0.2) is 30.6 Å². The van der Waals surface area contributed by atoms with Crippen molar-refractivity contribution in [3.63, 3.8) is 0 Å². The quantitative estimate of drug-likeness (QED) is 0.817. The van der Waals surface area contributed by atoms with Gasteiger partial charge in [-0.25, -0.2) is 14.8 Å². The zero-order valence-corrected chi connectivity index (χ0v) is 13.0. The maximum atomic E-state index is 10.8. The lowest BCUT2D eigenvalue weighted by Crippen LogP contribution is -2.08. The van der Waals surface area contributed by atoms with E-state index in [0.29, 0.717) is 18.3 Å². The van der Waals surface area contributed by atoms with E-state index >= 15 is 0 Å². The Morgan fingerprint density at radius 2 is 2.17 bits per heavy atom. The summed E-state index contributed by atoms with van der Waals surface area (Å²) in [5, 5.41) is 12.0. The number of carboxylic acid groups (broad SMARTS) is 1. The van der Waals surface area contributed by atoms with Crippen LogP contribution in [0.4, 0.5) is 5.82 Å². The Bertz CT molecular complexity index is 697. The van der Waals surface area contributed by atoms with Gasteiger partial charge >= 0.3 is 5.97 Å². The van der Waals surface area contributed by atoms with Crippen molar-refractivity contribution in [1.29, 1.82) is 0 Å². The van der Waals surface area contributed by atoms with E-state index in [-0.39, 0.29) is 5.69 Å². The highest BCUT2D eigenvalue weighted by atomic mass is 16.5. The van der Waals surface area contributed by atoms with Gasteiger partial charge in [-0.1, -0.05) is 12.1 Å². The van der Waals surface area contributed by atoms with Gasteiger partial charge in [-0.3, -0.25) is 0 Å². The summed E-state index contributed by atoms with van der Waals surface area (Å²) >= 11 is 0. The number of hydrogen-bond donors (Lipinski definition) is 2. The van der Waals surface area contributed by atoms with Crippen molar-refractivity contribution in [2.45, 2.75) is 26.3 Å². The van der Waals surface area contributed by atoms with E-state index in [2.05, 4.69) is 15.3 Å². The van der Waals surface area contributed by atoms with E-state index in [1.165, 1.54) is 25.2 Å². The normalized spacial score (nSPS) is 13.6. The molecule has 6 heteroatoms. The van der Waals surface area contributed by atoms with E-state index in [1.54, 1.807) is 0 Å². The topological polar surface area (TPSA) is 84.3 Å². The summed E-state index contributed by atoms with van der Waals surface area (Å²) in [5.41, 5.74) is 2.13. The SMILES string of the molecule is Cc1ccc(CNc2cnc(C(=O)O)cn2)c(OCC2CC2)c1. The average Bonchev–Trinajstić information content (AvgIpc) is 3.36. The molecular weight excluding hydrogens is 294 g/mol. The second-order valence-electron chi connectivity index (χ2n) is 5.81. The van der Waals surface area contributed by atoms with Crippen LogP contribution in [-0.2, 0) is 6.54 Å². The van der Waals surface area contributed by atoms with Crippen LogP contribution in [0.1, 0.15) is 34.5 Å². The maximum absolute atomic E-state index is 10.8. The molecule has 6 nitrogen and oxygen atoms in total. The van der Waals surface area contributed by atoms with Crippen LogP contribution in [0.5, 0.6) is 5.75 Å². The predicted molar refractivity (Wildman–Crippen MR) is 85.7 cm³/mol. The Hall–Kier alpha value is -2.63. The summed E-state index contributed by atoms with van der Waals surface area (Å²) in [6.07, 6.45) is 5.17. The van der Waals surface area contributed by atoms with Gasteiger partial charge in [0.05, 0.1) is 19.0 Å². The molecule has 120 valence electrons. The van der Waals surface area contributed by atoms with Gasteiger partial charge in [0.2, 0.25) is 0 Å². The Morgan fingerprint density at radius 3 is 2.83 bits per heavy atom. The lowest BCUT2D eigenvalue weighted by Gasteiger charge is -2.13. The first-order valence-electron chi connectivity index (χ1n) is 7.63. The van der Waals surface area contributed by atoms with Crippen LogP contribution in [0.2, 0.25) is 0 Å². The number of aromatic nitrogens is 2. The molecule has 1 aliphatic rings. The molecule has 0 saturated heterocycles. The van der Waals surface area contributed by atoms with Crippen molar-refractivity contribution in [3.05, 3.63) is 47.4 Å². The van der Waals surface area contributed by atoms with Gasteiger partial charge in [-0.15, -0.1) is 0 Å². The van der Waals surface area contributed by atoms with Gasteiger partial charge in [0.25, 0.3) is 0 Å². The summed E-state index contributed by atoms with van der Waals surface area (Å²) in [4.78, 5) is 18.7. The Balaban J connectivity index is 1.65. The molecule has 1 aliphatic carbocycles. The van der Waals surface area contributed by atoms with Gasteiger partial charge in [-0.05, 0) is 37.3 Å². The third-order valence-corrected chi connectivity index (χ3v) is 3.73. The fourth-order valence-corrected chi connectivity index (χ4v) is 2.15. The molecule has 1 aromatic heterocycles. The second-order valence-corrected chi connectivity index (χ2v) is 5.81. The third-order valence-electron chi connectivity index (χ3n) is 3.73. The summed E-state index contributed by atoms with van der Waals surface area (Å²) in [5.74, 6) is 1.03. The van der Waals surface area contributed by atoms with Crippen LogP contribution in [0, 0.1) is 12.8 Å². The molecule has 0 spiro atoms. The number of carbonyl (C=O) groups is 1. The molecule has 1 aromatic carbocycles. The predicted octanol–water partition coefficient (Wildman–Crippen LogP) is 2.88. The van der Waals surface area contributed by atoms with Crippen LogP contribution in [-0.4, -0.2) is 27.7 Å². The average molecular weight is 313 g/mol. The molecule has 0 unspecified atom stereocenters. The molecule has 0 atom stereocenters. The molecule has 3 rings (SSSR count). The van der Waals surface area contributed by atoms with E-state index in [0.717, 1.165) is 23.5 Å². The fraction of sp³-hybridized carbons (Fsp3) is 0.353. The van der Waals surface area contributed by atoms with Crippen molar-refractivity contribution < 1.29 is 14.6 Å². The Labute approximate surface area is 134 Å². The lowest BCUT2D eigenvalue weighted by atomic mass is 10.1. The maximum Gasteiger partial charge on any atom is 0.356 e. The largest absolute Gasteiger partial charge is 0.493 e. The molecule has 1 heterocycles. The fourth-order valence-electron chi connectivity index (χ4n) is 2.15. The van der Waals surface area contributed by atoms with Gasteiger partial charge < -0.3 is 15.2 Å². The van der Waals surface area contributed by atoms with Crippen molar-refractivity contribution in [2.24, 2.45) is 5.92 Å². The minimum Gasteiger partial charge on any atom is -0.493 e. The van der Waals surface area contributed by atoms with Crippen molar-refractivity contribution in [1.82, 2.24) is 9.97 Å². The number of rotatable bonds is 7. The minimum absolute atomic E-state index is 0.0701. The zero-order valence-electron chi connectivity index (χ0n) is 13.0. The molecule has 1 fully saturated rings. The van der Waals surface area contributed by atoms with Crippen LogP contribution in [0.25, 0.3) is 0 Å². The minimum atomic E-state index is -1.08. The number of aryl methyl sites for hydroxylation is 1. The monoisotopic (exact) mass is 313 g/mol. The number of nitrogens with zero attached hydrogens (tertiary/aromatic N) is 2. The first-order valence-corrected chi connectivity index (χ1v) is 7.63. The van der Waals surface area contributed by atoms with E-state index in [9.17, 15) is 4.79 Å². The van der Waals surface area contributed by atoms with E-state index in [4.69, 9.17) is 9.84 Å². The summed E-state index contributed by atoms with van der Waals surface area (Å²) in [6.45, 7) is 3.35. The molecule has 0 radical (unpaired) electrons. The van der Waals surface area contributed by atoms with Gasteiger partial charge in [0.1, 0.15) is 11.6 Å². The van der Waals surface area contributed by atoms with Crippen LogP contribution in [0.3, 0.4) is 0 Å². The van der Waals surface area contributed by atoms with Gasteiger partial charge in [0, 0.05) is 12.1 Å². The number of benzene rings is 1. The first kappa shape index (κ1) is 15.3. The van der Waals surface area contributed by atoms with Crippen molar-refractivity contribution >= 4 is 11.8 Å². The molecular formula is C17H19N3O3. The number of ether oxygens (including phenoxy) is 1. The second kappa shape index (κ2) is 6.64. The number of aromatic carboxylic acids is 1. The molecule has 0 amide bonds. The van der Waals surface area contributed by atoms with Crippen molar-refractivity contribution in [3.8, 4) is 5.75 Å². The lowest BCUT2D eigenvalue weighted by molar-refractivity contribution is 0.0690. The third kappa shape index (κ3) is 4.18. The highest BCUT2D eigenvalue weighted by Gasteiger charge is 2.22. The smallest absolute Gasteiger partial charge is 0.356 e. The number of anilines is 1. The van der Waals surface area contributed by atoms with Crippen LogP contribution < -0.4 is 10.1 Å². The number of nitrogens with one attached hydrogen (secondary N) is 1. The number of hydrogen-bond acceptors (Lipinski definition) is 5. The van der Waals surface area contributed by atoms with Gasteiger partial charge in [0.15, 0.2) is 5.69 Å². The Morgan fingerprint density at radius 1 is 1.35 bits per heavy atom. The number of carboxylic acids is 1. The summed E-state index contributed by atoms with van der Waals surface area (Å²) in [6, 6.07) is 6.11. The summed E-state index contributed by atoms with van der Waals surface area (Å²) < 4.78 is 5.93. The van der Waals surface area contributed by atoms with Crippen LogP contribution >= 0.6 is 0 Å². The molecule has 0 bridgehead atoms. The summed E-state index contributed by atoms with van der Waals surface area (Å²) in [7, 11) is 0. The molecule has 1 saturated carbocycles. The zero-order chi connectivity index (χ0) is 16.2. The molecule has 2 aromatic rings. The first-order chi connectivity index (χ1) is 11.1. The van der Waals surface area contributed by atoms with E-state index in [1.807, 2.05) is 25.1 Å². The van der Waals surface area contributed by atoms with Gasteiger partial charge in [-0.2, -0.15) is 0 Å². The standard InChI is InChI=1S/C17H19N3O3/c1-11-2-5-13(15(6-11)23-10-12-3-4-12)7-19-16-9-18-14(8-20-16)17(21)22/h2,5-6,8-9,12H,3-4,7,10H2,1H3,(H,19,20)(H,21,22). The molecule has 23 heavy (non-hydrogen) atoms. The highest BCUT2D eigenvalue weighted by Crippen LogP contribution is 2.30. The van der Waals surface area contributed by atoms with Crippen molar-refractivity contribution in [2.75, 3.05) is 11.9 Å². The van der Waals surface area contributed by atoms with E-state index < -0.39 is 5.97 Å². The molecule has 2 N–H and O–H groups in total. The highest BCUT2D eigenvalue weighted by molar-refractivity contribution is 5.84. The Kier molecular flexibility index (Phi) is 4.41. The molecule has 0 aliphatic heterocycles.